The lowest BCUT2D eigenvalue weighted by molar-refractivity contribution is 0.0952. The minimum atomic E-state index is -0.0123. The molecule has 3 heterocycles. The summed E-state index contributed by atoms with van der Waals surface area (Å²) in [6.07, 6.45) is 9.23. The molecule has 8 nitrogen and oxygen atoms in total. The Bertz CT molecular complexity index is 1060. The normalized spacial score (nSPS) is 18.8. The first-order chi connectivity index (χ1) is 17.6. The highest BCUT2D eigenvalue weighted by molar-refractivity contribution is 5.94. The molecular formula is C28H39N7O. The number of aliphatic imine (C=N–C) groups is 2. The number of hydrogen-bond donors (Lipinski definition) is 2. The lowest BCUT2D eigenvalue weighted by Gasteiger charge is -2.26. The summed E-state index contributed by atoms with van der Waals surface area (Å²) in [7, 11) is 0. The summed E-state index contributed by atoms with van der Waals surface area (Å²) in [5, 5.41) is 3.08. The molecule has 0 unspecified atom stereocenters. The van der Waals surface area contributed by atoms with Crippen LogP contribution in [-0.4, -0.2) is 60.2 Å². The van der Waals surface area contributed by atoms with Gasteiger partial charge in [-0.2, -0.15) is 0 Å². The van der Waals surface area contributed by atoms with Gasteiger partial charge in [-0.3, -0.25) is 14.8 Å². The number of nitrogens with two attached hydrogens (primary N) is 1. The molecule has 1 aromatic carbocycles. The standard InChI is InChI=1S/C28H39N7O/c1-2-3-10-27-32-20-26(29)33-24-9-8-16-30-25(24)21-35(27)19-5-4-15-31-28(36)22-11-13-23(14-12-22)34-17-6-7-18-34/h8-9,11-14,16H,2-7,10,15,17-21H2,1H3,(H2,29,33)(H,31,36)/b32-27-. The van der Waals surface area contributed by atoms with Crippen molar-refractivity contribution in [2.45, 2.75) is 58.4 Å². The van der Waals surface area contributed by atoms with E-state index in [1.54, 1.807) is 6.20 Å². The summed E-state index contributed by atoms with van der Waals surface area (Å²) in [5.41, 5.74) is 9.78. The fourth-order valence-electron chi connectivity index (χ4n) is 4.70. The van der Waals surface area contributed by atoms with Gasteiger partial charge in [-0.05, 0) is 68.5 Å². The largest absolute Gasteiger partial charge is 0.386 e. The molecule has 1 amide bonds. The van der Waals surface area contributed by atoms with Gasteiger partial charge in [0.05, 0.1) is 30.3 Å². The lowest BCUT2D eigenvalue weighted by Crippen LogP contribution is -2.33. The van der Waals surface area contributed by atoms with E-state index < -0.39 is 0 Å². The Labute approximate surface area is 214 Å². The first-order valence-electron chi connectivity index (χ1n) is 13.3. The van der Waals surface area contributed by atoms with Crippen LogP contribution in [-0.2, 0) is 6.54 Å². The van der Waals surface area contributed by atoms with Crippen LogP contribution in [0.5, 0.6) is 0 Å². The smallest absolute Gasteiger partial charge is 0.251 e. The molecule has 0 aliphatic carbocycles. The number of aromatic nitrogens is 1. The van der Waals surface area contributed by atoms with Gasteiger partial charge in [0.2, 0.25) is 0 Å². The number of amidine groups is 2. The number of rotatable bonds is 10. The maximum absolute atomic E-state index is 12.6. The van der Waals surface area contributed by atoms with Crippen LogP contribution in [0, 0.1) is 0 Å². The summed E-state index contributed by atoms with van der Waals surface area (Å²) in [5.74, 6) is 1.56. The molecule has 0 radical (unpaired) electrons. The summed E-state index contributed by atoms with van der Waals surface area (Å²) in [4.78, 5) is 31.2. The molecule has 3 N–H and O–H groups in total. The highest BCUT2D eigenvalue weighted by atomic mass is 16.1. The number of nitrogens with zero attached hydrogens (tertiary/aromatic N) is 5. The van der Waals surface area contributed by atoms with Gasteiger partial charge in [0.1, 0.15) is 5.84 Å². The number of carbonyl (C=O) groups is 1. The van der Waals surface area contributed by atoms with Crippen molar-refractivity contribution in [2.24, 2.45) is 15.7 Å². The summed E-state index contributed by atoms with van der Waals surface area (Å²) < 4.78 is 0. The van der Waals surface area contributed by atoms with Crippen LogP contribution in [0.3, 0.4) is 0 Å². The topological polar surface area (TPSA) is 99.2 Å². The van der Waals surface area contributed by atoms with Gasteiger partial charge in [0, 0.05) is 50.0 Å². The molecule has 2 aliphatic heterocycles. The Morgan fingerprint density at radius 2 is 1.89 bits per heavy atom. The molecule has 4 rings (SSSR count). The van der Waals surface area contributed by atoms with E-state index in [1.165, 1.54) is 18.5 Å². The van der Waals surface area contributed by atoms with E-state index in [0.29, 0.717) is 31.0 Å². The van der Waals surface area contributed by atoms with E-state index in [9.17, 15) is 4.79 Å². The first-order valence-corrected chi connectivity index (χ1v) is 13.3. The number of unbranched alkanes of at least 4 members (excludes halogenated alkanes) is 2. The fraction of sp³-hybridized carbons (Fsp3) is 0.500. The molecule has 1 fully saturated rings. The maximum Gasteiger partial charge on any atom is 0.251 e. The number of hydrogen-bond acceptors (Lipinski definition) is 7. The van der Waals surface area contributed by atoms with Gasteiger partial charge in [0.15, 0.2) is 0 Å². The number of nitrogens with one attached hydrogen (secondary N) is 1. The number of fused-ring (bicyclic) bond motifs is 1. The second kappa shape index (κ2) is 13.0. The molecule has 0 atom stereocenters. The Morgan fingerprint density at radius 3 is 2.67 bits per heavy atom. The average molecular weight is 490 g/mol. The van der Waals surface area contributed by atoms with E-state index in [2.05, 4.69) is 44.1 Å². The summed E-state index contributed by atoms with van der Waals surface area (Å²) >= 11 is 0. The zero-order chi connectivity index (χ0) is 25.2. The average Bonchev–Trinajstić information content (AvgIpc) is 3.45. The van der Waals surface area contributed by atoms with E-state index in [1.807, 2.05) is 24.3 Å². The Balaban J connectivity index is 1.30. The van der Waals surface area contributed by atoms with Gasteiger partial charge >= 0.3 is 0 Å². The molecule has 0 saturated carbocycles. The molecular weight excluding hydrogens is 450 g/mol. The van der Waals surface area contributed by atoms with Crippen LogP contribution >= 0.6 is 0 Å². The van der Waals surface area contributed by atoms with Crippen molar-refractivity contribution in [2.75, 3.05) is 37.6 Å². The lowest BCUT2D eigenvalue weighted by atomic mass is 10.1. The van der Waals surface area contributed by atoms with E-state index in [0.717, 1.165) is 69.0 Å². The van der Waals surface area contributed by atoms with E-state index >= 15 is 0 Å². The zero-order valence-electron chi connectivity index (χ0n) is 21.5. The maximum atomic E-state index is 12.6. The Morgan fingerprint density at radius 1 is 1.08 bits per heavy atom. The number of pyridine rings is 1. The quantitative estimate of drug-likeness (QED) is 0.485. The molecule has 1 aromatic heterocycles. The van der Waals surface area contributed by atoms with Crippen LogP contribution < -0.4 is 16.0 Å². The Hall–Kier alpha value is -3.42. The Kier molecular flexibility index (Phi) is 9.30. The van der Waals surface area contributed by atoms with Crippen LogP contribution in [0.25, 0.3) is 0 Å². The van der Waals surface area contributed by atoms with Crippen molar-refractivity contribution in [3.05, 3.63) is 53.9 Å². The molecule has 2 aromatic rings. The van der Waals surface area contributed by atoms with Crippen LogP contribution in [0.2, 0.25) is 0 Å². The van der Waals surface area contributed by atoms with Gasteiger partial charge in [-0.1, -0.05) is 13.3 Å². The minimum Gasteiger partial charge on any atom is -0.386 e. The van der Waals surface area contributed by atoms with Crippen LogP contribution in [0.15, 0.2) is 52.6 Å². The molecule has 0 bridgehead atoms. The minimum absolute atomic E-state index is 0.0123. The number of anilines is 1. The predicted molar refractivity (Wildman–Crippen MR) is 147 cm³/mol. The third-order valence-corrected chi connectivity index (χ3v) is 6.75. The molecule has 0 spiro atoms. The number of benzene rings is 1. The van der Waals surface area contributed by atoms with Gasteiger partial charge in [-0.25, -0.2) is 4.99 Å². The van der Waals surface area contributed by atoms with Crippen LogP contribution in [0.4, 0.5) is 11.4 Å². The van der Waals surface area contributed by atoms with Crippen LogP contribution in [0.1, 0.15) is 67.9 Å². The number of amides is 1. The first kappa shape index (κ1) is 25.7. The highest BCUT2D eigenvalue weighted by Crippen LogP contribution is 2.22. The second-order valence-corrected chi connectivity index (χ2v) is 9.53. The van der Waals surface area contributed by atoms with Crippen molar-refractivity contribution in [1.29, 1.82) is 0 Å². The van der Waals surface area contributed by atoms with Gasteiger partial charge in [0.25, 0.3) is 5.91 Å². The monoisotopic (exact) mass is 489 g/mol. The van der Waals surface area contributed by atoms with Crippen molar-refractivity contribution in [3.8, 4) is 0 Å². The zero-order valence-corrected chi connectivity index (χ0v) is 21.5. The van der Waals surface area contributed by atoms with Gasteiger partial charge in [-0.15, -0.1) is 0 Å². The molecule has 192 valence electrons. The van der Waals surface area contributed by atoms with E-state index in [-0.39, 0.29) is 5.91 Å². The molecule has 8 heteroatoms. The molecule has 1 saturated heterocycles. The molecule has 2 aliphatic rings. The van der Waals surface area contributed by atoms with Crippen molar-refractivity contribution < 1.29 is 4.79 Å². The third-order valence-electron chi connectivity index (χ3n) is 6.75. The summed E-state index contributed by atoms with van der Waals surface area (Å²) in [6.45, 7) is 6.95. The molecule has 36 heavy (non-hydrogen) atoms. The number of carbonyl (C=O) groups excluding carboxylic acids is 1. The predicted octanol–water partition coefficient (Wildman–Crippen LogP) is 4.29. The van der Waals surface area contributed by atoms with Crippen molar-refractivity contribution in [3.63, 3.8) is 0 Å². The van der Waals surface area contributed by atoms with Crippen molar-refractivity contribution >= 4 is 29.0 Å². The SMILES string of the molecule is CCCC/C1=N/C/C(N)=N\c2cccnc2CN1CCCCNC(=O)c1ccc(N2CCCC2)cc1. The van der Waals surface area contributed by atoms with Gasteiger partial charge < -0.3 is 20.9 Å². The summed E-state index contributed by atoms with van der Waals surface area (Å²) in [6, 6.07) is 11.8. The van der Waals surface area contributed by atoms with Crippen molar-refractivity contribution in [1.82, 2.24) is 15.2 Å². The third kappa shape index (κ3) is 7.06. The highest BCUT2D eigenvalue weighted by Gasteiger charge is 2.17. The fourth-order valence-corrected chi connectivity index (χ4v) is 4.70. The second-order valence-electron chi connectivity index (χ2n) is 9.53. The van der Waals surface area contributed by atoms with E-state index in [4.69, 9.17) is 10.7 Å².